The lowest BCUT2D eigenvalue weighted by atomic mass is 10.3. The van der Waals surface area contributed by atoms with Gasteiger partial charge in [-0.25, -0.2) is 4.98 Å². The number of aryl methyl sites for hydroxylation is 1. The van der Waals surface area contributed by atoms with Gasteiger partial charge in [0, 0.05) is 11.8 Å². The second-order valence-corrected chi connectivity index (χ2v) is 4.53. The van der Waals surface area contributed by atoms with Crippen molar-refractivity contribution in [3.8, 4) is 17.8 Å². The van der Waals surface area contributed by atoms with Crippen LogP contribution in [0.4, 0.5) is 5.69 Å². The Morgan fingerprint density at radius 1 is 1.45 bits per heavy atom. The molecule has 20 heavy (non-hydrogen) atoms. The maximum atomic E-state index is 10.8. The first-order valence-corrected chi connectivity index (χ1v) is 6.17. The fourth-order valence-electron chi connectivity index (χ4n) is 1.46. The van der Waals surface area contributed by atoms with Crippen molar-refractivity contribution in [2.75, 3.05) is 0 Å². The number of nitro benzene ring substituents is 1. The van der Waals surface area contributed by atoms with Gasteiger partial charge < -0.3 is 4.74 Å². The molecule has 0 spiro atoms. The molecule has 1 aromatic heterocycles. The van der Waals surface area contributed by atoms with Gasteiger partial charge in [0.15, 0.2) is 5.75 Å². The van der Waals surface area contributed by atoms with Crippen molar-refractivity contribution in [3.05, 3.63) is 50.2 Å². The number of hydrogen-bond donors (Lipinski definition) is 0. The zero-order valence-corrected chi connectivity index (χ0v) is 11.8. The molecule has 0 radical (unpaired) electrons. The van der Waals surface area contributed by atoms with Gasteiger partial charge in [-0.2, -0.15) is 10.2 Å². The molecule has 7 nitrogen and oxygen atoms in total. The molecule has 0 aliphatic carbocycles. The second-order valence-electron chi connectivity index (χ2n) is 3.74. The van der Waals surface area contributed by atoms with Gasteiger partial charge in [0.2, 0.25) is 0 Å². The first-order valence-electron chi connectivity index (χ1n) is 5.38. The number of nitro groups is 1. The van der Waals surface area contributed by atoms with Gasteiger partial charge in [-0.3, -0.25) is 10.1 Å². The number of hydrogen-bond acceptors (Lipinski definition) is 6. The van der Waals surface area contributed by atoms with E-state index in [2.05, 4.69) is 25.9 Å². The van der Waals surface area contributed by atoms with E-state index in [4.69, 9.17) is 10.00 Å². The normalized spacial score (nSPS) is 9.85. The third kappa shape index (κ3) is 2.89. The summed E-state index contributed by atoms with van der Waals surface area (Å²) in [6.07, 6.45) is 0. The molecule has 1 heterocycles. The van der Waals surface area contributed by atoms with E-state index in [1.165, 1.54) is 24.3 Å². The highest BCUT2D eigenvalue weighted by atomic mass is 79.9. The van der Waals surface area contributed by atoms with Crippen LogP contribution in [0.5, 0.6) is 11.8 Å². The Hall–Kier alpha value is -2.53. The number of aromatic nitrogens is 2. The highest BCUT2D eigenvalue weighted by Crippen LogP contribution is 2.35. The Morgan fingerprint density at radius 3 is 2.85 bits per heavy atom. The van der Waals surface area contributed by atoms with E-state index in [9.17, 15) is 10.1 Å². The summed E-state index contributed by atoms with van der Waals surface area (Å²) < 4.78 is 5.59. The molecule has 0 unspecified atom stereocenters. The Bertz CT molecular complexity index is 727. The lowest BCUT2D eigenvalue weighted by molar-refractivity contribution is -0.385. The molecule has 0 bridgehead atoms. The summed E-state index contributed by atoms with van der Waals surface area (Å²) in [6, 6.07) is 7.72. The van der Waals surface area contributed by atoms with Crippen molar-refractivity contribution in [2.24, 2.45) is 0 Å². The van der Waals surface area contributed by atoms with Crippen molar-refractivity contribution in [1.82, 2.24) is 9.97 Å². The van der Waals surface area contributed by atoms with E-state index in [1.807, 2.05) is 6.07 Å². The van der Waals surface area contributed by atoms with E-state index in [0.29, 0.717) is 5.69 Å². The summed E-state index contributed by atoms with van der Waals surface area (Å²) >= 11 is 3.11. The first kappa shape index (κ1) is 13.9. The van der Waals surface area contributed by atoms with Crippen LogP contribution in [-0.2, 0) is 0 Å². The van der Waals surface area contributed by atoms with Crippen molar-refractivity contribution >= 4 is 21.6 Å². The minimum absolute atomic E-state index is 0.0391. The Labute approximate surface area is 122 Å². The summed E-state index contributed by atoms with van der Waals surface area (Å²) in [5.41, 5.74) is 0.595. The van der Waals surface area contributed by atoms with Gasteiger partial charge in [0.25, 0.3) is 5.69 Å². The Morgan fingerprint density at radius 2 is 2.20 bits per heavy atom. The van der Waals surface area contributed by atoms with Crippen LogP contribution in [0.1, 0.15) is 11.4 Å². The molecular weight excluding hydrogens is 328 g/mol. The van der Waals surface area contributed by atoms with Gasteiger partial charge in [-0.05, 0) is 35.0 Å². The molecule has 100 valence electrons. The minimum Gasteiger partial charge on any atom is -0.423 e. The number of nitrogens with zero attached hydrogens (tertiary/aromatic N) is 4. The van der Waals surface area contributed by atoms with Crippen LogP contribution in [0.25, 0.3) is 0 Å². The minimum atomic E-state index is -0.533. The van der Waals surface area contributed by atoms with Crippen molar-refractivity contribution in [2.45, 2.75) is 6.92 Å². The number of benzene rings is 1. The lowest BCUT2D eigenvalue weighted by Crippen LogP contribution is -1.98. The van der Waals surface area contributed by atoms with Crippen LogP contribution < -0.4 is 4.74 Å². The number of ether oxygens (including phenoxy) is 1. The summed E-state index contributed by atoms with van der Waals surface area (Å²) in [5.74, 6) is 0.202. The van der Waals surface area contributed by atoms with Crippen LogP contribution in [0, 0.1) is 28.4 Å². The molecule has 0 aliphatic rings. The third-order valence-electron chi connectivity index (χ3n) is 2.29. The SMILES string of the molecule is Cc1cc(C#N)nc(Oc2cccc([N+](=O)[O-])c2Br)n1. The standard InChI is InChI=1S/C12H7BrN4O3/c1-7-5-8(6-14)16-12(15-7)20-10-4-2-3-9(11(10)13)17(18)19/h2-5H,1H3. The van der Waals surface area contributed by atoms with Crippen LogP contribution >= 0.6 is 15.9 Å². The summed E-state index contributed by atoms with van der Waals surface area (Å²) in [4.78, 5) is 18.2. The van der Waals surface area contributed by atoms with E-state index in [-0.39, 0.29) is 27.6 Å². The molecule has 0 saturated carbocycles. The zero-order chi connectivity index (χ0) is 14.7. The average Bonchev–Trinajstić information content (AvgIpc) is 2.40. The largest absolute Gasteiger partial charge is 0.423 e. The smallest absolute Gasteiger partial charge is 0.323 e. The molecule has 8 heteroatoms. The molecule has 1 aromatic carbocycles. The Kier molecular flexibility index (Phi) is 3.91. The van der Waals surface area contributed by atoms with Gasteiger partial charge in [-0.15, -0.1) is 0 Å². The summed E-state index contributed by atoms with van der Waals surface area (Å²) in [7, 11) is 0. The molecule has 0 saturated heterocycles. The molecule has 0 fully saturated rings. The quantitative estimate of drug-likeness (QED) is 0.631. The molecule has 0 atom stereocenters. The van der Waals surface area contributed by atoms with Crippen molar-refractivity contribution in [3.63, 3.8) is 0 Å². The first-order chi connectivity index (χ1) is 9.51. The third-order valence-corrected chi connectivity index (χ3v) is 3.09. The zero-order valence-electron chi connectivity index (χ0n) is 10.2. The Balaban J connectivity index is 2.41. The van der Waals surface area contributed by atoms with E-state index in [0.717, 1.165) is 0 Å². The van der Waals surface area contributed by atoms with Gasteiger partial charge in [0.05, 0.1) is 4.92 Å². The van der Waals surface area contributed by atoms with E-state index in [1.54, 1.807) is 6.92 Å². The fraction of sp³-hybridized carbons (Fsp3) is 0.0833. The maximum absolute atomic E-state index is 10.8. The highest BCUT2D eigenvalue weighted by molar-refractivity contribution is 9.10. The molecule has 2 aromatic rings. The summed E-state index contributed by atoms with van der Waals surface area (Å²) in [5, 5.41) is 19.7. The highest BCUT2D eigenvalue weighted by Gasteiger charge is 2.17. The molecular formula is C12H7BrN4O3. The van der Waals surface area contributed by atoms with Gasteiger partial charge in [0.1, 0.15) is 16.2 Å². The average molecular weight is 335 g/mol. The van der Waals surface area contributed by atoms with E-state index >= 15 is 0 Å². The molecule has 0 amide bonds. The second kappa shape index (κ2) is 5.63. The molecule has 2 rings (SSSR count). The fourth-order valence-corrected chi connectivity index (χ4v) is 1.95. The van der Waals surface area contributed by atoms with Crippen molar-refractivity contribution in [1.29, 1.82) is 5.26 Å². The van der Waals surface area contributed by atoms with Gasteiger partial charge >= 0.3 is 6.01 Å². The molecule has 0 aliphatic heterocycles. The number of rotatable bonds is 3. The predicted molar refractivity (Wildman–Crippen MR) is 72.4 cm³/mol. The van der Waals surface area contributed by atoms with E-state index < -0.39 is 4.92 Å². The van der Waals surface area contributed by atoms with Crippen LogP contribution in [0.2, 0.25) is 0 Å². The number of halogens is 1. The van der Waals surface area contributed by atoms with Crippen LogP contribution in [-0.4, -0.2) is 14.9 Å². The monoisotopic (exact) mass is 334 g/mol. The maximum Gasteiger partial charge on any atom is 0.323 e. The predicted octanol–water partition coefficient (Wildman–Crippen LogP) is 3.12. The van der Waals surface area contributed by atoms with Crippen LogP contribution in [0.3, 0.4) is 0 Å². The molecule has 0 N–H and O–H groups in total. The van der Waals surface area contributed by atoms with Gasteiger partial charge in [-0.1, -0.05) is 6.07 Å². The number of nitriles is 1. The topological polar surface area (TPSA) is 102 Å². The summed E-state index contributed by atoms with van der Waals surface area (Å²) in [6.45, 7) is 1.69. The lowest BCUT2D eigenvalue weighted by Gasteiger charge is -2.06. The van der Waals surface area contributed by atoms with Crippen molar-refractivity contribution < 1.29 is 9.66 Å². The van der Waals surface area contributed by atoms with Crippen LogP contribution in [0.15, 0.2) is 28.7 Å².